The smallest absolute Gasteiger partial charge is 0.209 e. The second-order valence-corrected chi connectivity index (χ2v) is 8.39. The quantitative estimate of drug-likeness (QED) is 0.575. The molecule has 0 amide bonds. The zero-order chi connectivity index (χ0) is 15.9. The SMILES string of the molecule is O=S(CCSc1nnnn1CCc1cccs1)c1ccccc1. The van der Waals surface area contributed by atoms with Crippen molar-refractivity contribution in [3.05, 3.63) is 52.7 Å². The van der Waals surface area contributed by atoms with Gasteiger partial charge in [0.25, 0.3) is 0 Å². The Bertz CT molecular complexity index is 743. The number of rotatable bonds is 8. The number of hydrogen-bond donors (Lipinski definition) is 0. The molecule has 0 saturated heterocycles. The number of tetrazole rings is 1. The molecule has 1 unspecified atom stereocenters. The van der Waals surface area contributed by atoms with Gasteiger partial charge in [0.2, 0.25) is 5.16 Å². The van der Waals surface area contributed by atoms with E-state index in [2.05, 4.69) is 27.0 Å². The number of thiophene rings is 1. The Balaban J connectivity index is 1.49. The molecule has 0 spiro atoms. The largest absolute Gasteiger partial charge is 0.254 e. The molecule has 0 radical (unpaired) electrons. The highest BCUT2D eigenvalue weighted by Gasteiger charge is 2.09. The molecular formula is C15H16N4OS3. The first kappa shape index (κ1) is 16.4. The Morgan fingerprint density at radius 1 is 1.17 bits per heavy atom. The van der Waals surface area contributed by atoms with E-state index in [9.17, 15) is 4.21 Å². The van der Waals surface area contributed by atoms with Crippen LogP contribution in [0.25, 0.3) is 0 Å². The fourth-order valence-electron chi connectivity index (χ4n) is 2.01. The van der Waals surface area contributed by atoms with Gasteiger partial charge < -0.3 is 0 Å². The molecule has 120 valence electrons. The fourth-order valence-corrected chi connectivity index (χ4v) is 4.90. The van der Waals surface area contributed by atoms with Gasteiger partial charge >= 0.3 is 0 Å². The first-order valence-corrected chi connectivity index (χ1v) is 10.4. The average molecular weight is 365 g/mol. The molecule has 2 heterocycles. The van der Waals surface area contributed by atoms with E-state index in [0.29, 0.717) is 5.75 Å². The fraction of sp³-hybridized carbons (Fsp3) is 0.267. The van der Waals surface area contributed by atoms with Gasteiger partial charge in [-0.15, -0.1) is 16.4 Å². The van der Waals surface area contributed by atoms with Crippen molar-refractivity contribution in [2.24, 2.45) is 0 Å². The number of nitrogens with zero attached hydrogens (tertiary/aromatic N) is 4. The summed E-state index contributed by atoms with van der Waals surface area (Å²) in [7, 11) is -0.977. The molecule has 8 heteroatoms. The van der Waals surface area contributed by atoms with Crippen molar-refractivity contribution >= 4 is 33.9 Å². The highest BCUT2D eigenvalue weighted by molar-refractivity contribution is 8.00. The Morgan fingerprint density at radius 2 is 2.04 bits per heavy atom. The summed E-state index contributed by atoms with van der Waals surface area (Å²) in [4.78, 5) is 2.19. The standard InChI is InChI=1S/C15H16N4OS3/c20-23(14-6-2-1-3-7-14)12-11-22-15-16-17-18-19(15)9-8-13-5-4-10-21-13/h1-7,10H,8-9,11-12H2. The molecule has 0 aliphatic carbocycles. The predicted octanol–water partition coefficient (Wildman–Crippen LogP) is 2.88. The van der Waals surface area contributed by atoms with Gasteiger partial charge in [0.05, 0.1) is 17.3 Å². The molecule has 23 heavy (non-hydrogen) atoms. The van der Waals surface area contributed by atoms with Crippen LogP contribution in [0.4, 0.5) is 0 Å². The van der Waals surface area contributed by atoms with E-state index >= 15 is 0 Å². The van der Waals surface area contributed by atoms with Crippen LogP contribution in [0, 0.1) is 0 Å². The third-order valence-corrected chi connectivity index (χ3v) is 6.68. The molecular weight excluding hydrogens is 348 g/mol. The molecule has 3 rings (SSSR count). The Morgan fingerprint density at radius 3 is 2.83 bits per heavy atom. The van der Waals surface area contributed by atoms with Crippen LogP contribution >= 0.6 is 23.1 Å². The van der Waals surface area contributed by atoms with E-state index in [1.807, 2.05) is 41.1 Å². The maximum absolute atomic E-state index is 12.2. The first-order chi connectivity index (χ1) is 11.3. The molecule has 0 aliphatic rings. The number of aryl methyl sites for hydroxylation is 2. The molecule has 0 aliphatic heterocycles. The van der Waals surface area contributed by atoms with Crippen LogP contribution in [0.5, 0.6) is 0 Å². The summed E-state index contributed by atoms with van der Waals surface area (Å²) in [5.74, 6) is 1.31. The van der Waals surface area contributed by atoms with Crippen molar-refractivity contribution < 1.29 is 4.21 Å². The highest BCUT2D eigenvalue weighted by Crippen LogP contribution is 2.17. The molecule has 2 aromatic heterocycles. The zero-order valence-electron chi connectivity index (χ0n) is 12.4. The van der Waals surface area contributed by atoms with E-state index in [1.54, 1.807) is 23.1 Å². The second kappa shape index (κ2) is 8.37. The summed E-state index contributed by atoms with van der Waals surface area (Å²) < 4.78 is 14.0. The van der Waals surface area contributed by atoms with Crippen molar-refractivity contribution in [1.82, 2.24) is 20.2 Å². The Labute approximate surface area is 145 Å². The number of hydrogen-bond acceptors (Lipinski definition) is 6. The molecule has 5 nitrogen and oxygen atoms in total. The van der Waals surface area contributed by atoms with Gasteiger partial charge in [-0.3, -0.25) is 4.21 Å². The normalized spacial score (nSPS) is 12.3. The maximum atomic E-state index is 12.2. The van der Waals surface area contributed by atoms with Crippen LogP contribution in [0.3, 0.4) is 0 Å². The zero-order valence-corrected chi connectivity index (χ0v) is 14.8. The van der Waals surface area contributed by atoms with E-state index in [0.717, 1.165) is 28.8 Å². The van der Waals surface area contributed by atoms with E-state index in [-0.39, 0.29) is 0 Å². The lowest BCUT2D eigenvalue weighted by atomic mass is 10.3. The van der Waals surface area contributed by atoms with Gasteiger partial charge in [0.15, 0.2) is 0 Å². The number of benzene rings is 1. The topological polar surface area (TPSA) is 60.7 Å². The summed E-state index contributed by atoms with van der Waals surface area (Å²) in [6, 6.07) is 13.7. The van der Waals surface area contributed by atoms with Crippen molar-refractivity contribution in [2.45, 2.75) is 23.0 Å². The molecule has 3 aromatic rings. The summed E-state index contributed by atoms with van der Waals surface area (Å²) in [6.45, 7) is 0.762. The van der Waals surface area contributed by atoms with Crippen LogP contribution < -0.4 is 0 Å². The van der Waals surface area contributed by atoms with Gasteiger partial charge in [0, 0.05) is 27.7 Å². The minimum absolute atomic E-state index is 0.590. The average Bonchev–Trinajstić information content (AvgIpc) is 3.25. The van der Waals surface area contributed by atoms with Crippen LogP contribution in [0.2, 0.25) is 0 Å². The summed E-state index contributed by atoms with van der Waals surface area (Å²) in [6.07, 6.45) is 0.923. The van der Waals surface area contributed by atoms with Crippen molar-refractivity contribution in [1.29, 1.82) is 0 Å². The van der Waals surface area contributed by atoms with Crippen LogP contribution in [0.15, 0.2) is 57.9 Å². The van der Waals surface area contributed by atoms with Crippen LogP contribution in [-0.4, -0.2) is 35.9 Å². The maximum Gasteiger partial charge on any atom is 0.209 e. The van der Waals surface area contributed by atoms with Crippen LogP contribution in [-0.2, 0) is 23.8 Å². The first-order valence-electron chi connectivity index (χ1n) is 7.18. The van der Waals surface area contributed by atoms with Crippen molar-refractivity contribution in [3.63, 3.8) is 0 Å². The molecule has 0 N–H and O–H groups in total. The lowest BCUT2D eigenvalue weighted by molar-refractivity contribution is 0.551. The van der Waals surface area contributed by atoms with Gasteiger partial charge in [-0.1, -0.05) is 36.0 Å². The molecule has 0 bridgehead atoms. The van der Waals surface area contributed by atoms with E-state index < -0.39 is 10.8 Å². The van der Waals surface area contributed by atoms with Gasteiger partial charge in [-0.25, -0.2) is 4.68 Å². The molecule has 1 atom stereocenters. The Hall–Kier alpha value is -1.51. The Kier molecular flexibility index (Phi) is 5.95. The lowest BCUT2D eigenvalue weighted by Crippen LogP contribution is -2.06. The number of aromatic nitrogens is 4. The molecule has 0 fully saturated rings. The van der Waals surface area contributed by atoms with E-state index in [1.165, 1.54) is 4.88 Å². The molecule has 1 aromatic carbocycles. The van der Waals surface area contributed by atoms with Gasteiger partial charge in [0.1, 0.15) is 0 Å². The van der Waals surface area contributed by atoms with Crippen molar-refractivity contribution in [3.8, 4) is 0 Å². The van der Waals surface area contributed by atoms with Crippen LogP contribution in [0.1, 0.15) is 4.88 Å². The predicted molar refractivity (Wildman–Crippen MR) is 94.3 cm³/mol. The lowest BCUT2D eigenvalue weighted by Gasteiger charge is -2.04. The monoisotopic (exact) mass is 364 g/mol. The third-order valence-electron chi connectivity index (χ3n) is 3.16. The van der Waals surface area contributed by atoms with E-state index in [4.69, 9.17) is 0 Å². The second-order valence-electron chi connectivity index (χ2n) is 4.73. The summed E-state index contributed by atoms with van der Waals surface area (Å²) in [5.41, 5.74) is 0. The number of thioether (sulfide) groups is 1. The highest BCUT2D eigenvalue weighted by atomic mass is 32.2. The minimum Gasteiger partial charge on any atom is -0.254 e. The van der Waals surface area contributed by atoms with Crippen molar-refractivity contribution in [2.75, 3.05) is 11.5 Å². The molecule has 0 saturated carbocycles. The van der Waals surface area contributed by atoms with Gasteiger partial charge in [-0.05, 0) is 34.0 Å². The third kappa shape index (κ3) is 4.73. The minimum atomic E-state index is -0.977. The summed E-state index contributed by atoms with van der Waals surface area (Å²) in [5, 5.41) is 14.7. The van der Waals surface area contributed by atoms with Gasteiger partial charge in [-0.2, -0.15) is 0 Å². The summed E-state index contributed by atoms with van der Waals surface area (Å²) >= 11 is 3.29.